The molecular formula is C12H21N7. The first kappa shape index (κ1) is 13.7. The molecule has 104 valence electrons. The lowest BCUT2D eigenvalue weighted by Crippen LogP contribution is -2.24. The maximum atomic E-state index is 4.32. The summed E-state index contributed by atoms with van der Waals surface area (Å²) in [5, 5.41) is 11.3. The predicted molar refractivity (Wildman–Crippen MR) is 72.3 cm³/mol. The van der Waals surface area contributed by atoms with Gasteiger partial charge in [0.1, 0.15) is 5.82 Å². The van der Waals surface area contributed by atoms with Gasteiger partial charge in [0.15, 0.2) is 0 Å². The molecule has 0 spiro atoms. The molecule has 7 heteroatoms. The summed E-state index contributed by atoms with van der Waals surface area (Å²) in [5.41, 5.74) is 0.967. The van der Waals surface area contributed by atoms with E-state index in [2.05, 4.69) is 32.6 Å². The normalized spacial score (nSPS) is 11.4. The van der Waals surface area contributed by atoms with E-state index in [1.807, 2.05) is 41.9 Å². The van der Waals surface area contributed by atoms with Crippen molar-refractivity contribution in [3.8, 4) is 0 Å². The molecular weight excluding hydrogens is 242 g/mol. The minimum atomic E-state index is 0.753. The van der Waals surface area contributed by atoms with Gasteiger partial charge in [-0.3, -0.25) is 9.58 Å². The summed E-state index contributed by atoms with van der Waals surface area (Å²) >= 11 is 0. The summed E-state index contributed by atoms with van der Waals surface area (Å²) in [6.45, 7) is 3.33. The summed E-state index contributed by atoms with van der Waals surface area (Å²) in [5.74, 6) is 1.07. The number of aryl methyl sites for hydroxylation is 1. The number of hydrogen-bond donors (Lipinski definition) is 1. The Kier molecular flexibility index (Phi) is 4.64. The van der Waals surface area contributed by atoms with Crippen LogP contribution in [0.15, 0.2) is 18.6 Å². The van der Waals surface area contributed by atoms with Crippen molar-refractivity contribution in [1.29, 1.82) is 0 Å². The lowest BCUT2D eigenvalue weighted by atomic mass is 10.4. The van der Waals surface area contributed by atoms with E-state index >= 15 is 0 Å². The van der Waals surface area contributed by atoms with Crippen molar-refractivity contribution < 1.29 is 0 Å². The van der Waals surface area contributed by atoms with Crippen LogP contribution in [0, 0.1) is 0 Å². The van der Waals surface area contributed by atoms with Gasteiger partial charge in [-0.1, -0.05) is 5.21 Å². The summed E-state index contributed by atoms with van der Waals surface area (Å²) in [6, 6.07) is 0. The van der Waals surface area contributed by atoms with Crippen LogP contribution in [0.4, 0.5) is 0 Å². The SMILES string of the molecule is CNCc1cn(CCN(C)Cc2nccn2C)nn1. The first-order chi connectivity index (χ1) is 9.19. The Morgan fingerprint density at radius 2 is 2.26 bits per heavy atom. The topological polar surface area (TPSA) is 63.8 Å². The Balaban J connectivity index is 1.79. The summed E-state index contributed by atoms with van der Waals surface area (Å²) < 4.78 is 3.92. The zero-order valence-corrected chi connectivity index (χ0v) is 11.7. The molecule has 0 amide bonds. The number of hydrogen-bond acceptors (Lipinski definition) is 5. The minimum absolute atomic E-state index is 0.753. The molecule has 2 rings (SSSR count). The first-order valence-corrected chi connectivity index (χ1v) is 6.37. The quantitative estimate of drug-likeness (QED) is 0.753. The van der Waals surface area contributed by atoms with Crippen molar-refractivity contribution >= 4 is 0 Å². The largest absolute Gasteiger partial charge is 0.337 e. The number of imidazole rings is 1. The molecule has 0 aliphatic rings. The van der Waals surface area contributed by atoms with Crippen LogP contribution >= 0.6 is 0 Å². The molecule has 2 heterocycles. The summed E-state index contributed by atoms with van der Waals surface area (Å²) in [7, 11) is 6.00. The lowest BCUT2D eigenvalue weighted by molar-refractivity contribution is 0.294. The van der Waals surface area contributed by atoms with Gasteiger partial charge >= 0.3 is 0 Å². The molecule has 0 bridgehead atoms. The fourth-order valence-corrected chi connectivity index (χ4v) is 1.85. The molecule has 0 unspecified atom stereocenters. The van der Waals surface area contributed by atoms with Crippen LogP contribution in [0.25, 0.3) is 0 Å². The third-order valence-corrected chi connectivity index (χ3v) is 2.99. The molecule has 0 radical (unpaired) electrons. The maximum Gasteiger partial charge on any atom is 0.122 e. The fraction of sp³-hybridized carbons (Fsp3) is 0.583. The van der Waals surface area contributed by atoms with Crippen LogP contribution in [-0.2, 0) is 26.7 Å². The van der Waals surface area contributed by atoms with Crippen molar-refractivity contribution in [2.75, 3.05) is 20.6 Å². The van der Waals surface area contributed by atoms with Gasteiger partial charge in [-0.2, -0.15) is 0 Å². The monoisotopic (exact) mass is 263 g/mol. The van der Waals surface area contributed by atoms with Crippen LogP contribution in [0.3, 0.4) is 0 Å². The van der Waals surface area contributed by atoms with Crippen molar-refractivity contribution in [2.24, 2.45) is 7.05 Å². The number of nitrogens with one attached hydrogen (secondary N) is 1. The average molecular weight is 263 g/mol. The molecule has 0 fully saturated rings. The second-order valence-corrected chi connectivity index (χ2v) is 4.70. The first-order valence-electron chi connectivity index (χ1n) is 6.37. The highest BCUT2D eigenvalue weighted by atomic mass is 15.4. The van der Waals surface area contributed by atoms with E-state index in [1.54, 1.807) is 0 Å². The molecule has 2 aromatic rings. The fourth-order valence-electron chi connectivity index (χ4n) is 1.85. The van der Waals surface area contributed by atoms with E-state index in [0.717, 1.165) is 37.7 Å². The molecule has 0 saturated carbocycles. The number of likely N-dealkylation sites (N-methyl/N-ethyl adjacent to an activating group) is 1. The molecule has 19 heavy (non-hydrogen) atoms. The highest BCUT2D eigenvalue weighted by molar-refractivity contribution is 4.92. The lowest BCUT2D eigenvalue weighted by Gasteiger charge is -2.15. The zero-order chi connectivity index (χ0) is 13.7. The molecule has 2 aromatic heterocycles. The predicted octanol–water partition coefficient (Wildman–Crippen LogP) is -0.137. The van der Waals surface area contributed by atoms with Crippen molar-refractivity contribution in [2.45, 2.75) is 19.6 Å². The molecule has 0 aromatic carbocycles. The van der Waals surface area contributed by atoms with Gasteiger partial charge in [0.25, 0.3) is 0 Å². The second-order valence-electron chi connectivity index (χ2n) is 4.70. The third kappa shape index (κ3) is 3.87. The van der Waals surface area contributed by atoms with Gasteiger partial charge in [-0.05, 0) is 14.1 Å². The zero-order valence-electron chi connectivity index (χ0n) is 11.7. The van der Waals surface area contributed by atoms with Crippen LogP contribution in [0.2, 0.25) is 0 Å². The van der Waals surface area contributed by atoms with Gasteiger partial charge in [0, 0.05) is 38.7 Å². The minimum Gasteiger partial charge on any atom is -0.337 e. The van der Waals surface area contributed by atoms with Gasteiger partial charge in [0.05, 0.1) is 18.8 Å². The van der Waals surface area contributed by atoms with E-state index in [4.69, 9.17) is 0 Å². The Bertz CT molecular complexity index is 502. The van der Waals surface area contributed by atoms with E-state index in [0.29, 0.717) is 0 Å². The molecule has 0 aliphatic carbocycles. The van der Waals surface area contributed by atoms with E-state index in [9.17, 15) is 0 Å². The van der Waals surface area contributed by atoms with Crippen molar-refractivity contribution in [3.05, 3.63) is 30.1 Å². The standard InChI is InChI=1S/C12H21N7/c1-13-8-11-9-19(16-15-11)7-6-17(2)10-12-14-4-5-18(12)3/h4-5,9,13H,6-8,10H2,1-3H3. The van der Waals surface area contributed by atoms with Gasteiger partial charge < -0.3 is 9.88 Å². The average Bonchev–Trinajstić information content (AvgIpc) is 2.98. The second kappa shape index (κ2) is 6.44. The van der Waals surface area contributed by atoms with E-state index in [1.165, 1.54) is 0 Å². The van der Waals surface area contributed by atoms with Crippen LogP contribution < -0.4 is 5.32 Å². The highest BCUT2D eigenvalue weighted by Gasteiger charge is 2.05. The van der Waals surface area contributed by atoms with Gasteiger partial charge in [-0.15, -0.1) is 5.10 Å². The molecule has 0 atom stereocenters. The van der Waals surface area contributed by atoms with Crippen LogP contribution in [-0.4, -0.2) is 50.1 Å². The van der Waals surface area contributed by atoms with Gasteiger partial charge in [0.2, 0.25) is 0 Å². The number of aromatic nitrogens is 5. The highest BCUT2D eigenvalue weighted by Crippen LogP contribution is 2.00. The Morgan fingerprint density at radius 1 is 1.42 bits per heavy atom. The van der Waals surface area contributed by atoms with Crippen molar-refractivity contribution in [3.63, 3.8) is 0 Å². The smallest absolute Gasteiger partial charge is 0.122 e. The van der Waals surface area contributed by atoms with E-state index < -0.39 is 0 Å². The molecule has 1 N–H and O–H groups in total. The van der Waals surface area contributed by atoms with Crippen LogP contribution in [0.5, 0.6) is 0 Å². The Labute approximate surface area is 113 Å². The number of rotatable bonds is 7. The maximum absolute atomic E-state index is 4.32. The summed E-state index contributed by atoms with van der Waals surface area (Å²) in [4.78, 5) is 6.54. The van der Waals surface area contributed by atoms with Crippen LogP contribution in [0.1, 0.15) is 11.5 Å². The number of nitrogens with zero attached hydrogens (tertiary/aromatic N) is 6. The Hall–Kier alpha value is -1.73. The molecule has 7 nitrogen and oxygen atoms in total. The third-order valence-electron chi connectivity index (χ3n) is 2.99. The van der Waals surface area contributed by atoms with E-state index in [-0.39, 0.29) is 0 Å². The molecule has 0 aliphatic heterocycles. The molecule has 0 saturated heterocycles. The van der Waals surface area contributed by atoms with Gasteiger partial charge in [-0.25, -0.2) is 4.98 Å². The summed E-state index contributed by atoms with van der Waals surface area (Å²) in [6.07, 6.45) is 5.76. The van der Waals surface area contributed by atoms with Crippen molar-refractivity contribution in [1.82, 2.24) is 34.8 Å². The Morgan fingerprint density at radius 3 is 2.95 bits per heavy atom.